The molecule has 14 nitrogen and oxygen atoms in total. The number of pyridine rings is 2. The molecule has 7 rings (SSSR count). The van der Waals surface area contributed by atoms with E-state index >= 15 is 0 Å². The number of aromatic hydroxyl groups is 1. The van der Waals surface area contributed by atoms with Crippen molar-refractivity contribution in [3.63, 3.8) is 0 Å². The molecular formula is C36H36N8O6. The first-order valence-electron chi connectivity index (χ1n) is 16.6. The van der Waals surface area contributed by atoms with Crippen molar-refractivity contribution in [2.24, 2.45) is 0 Å². The molecule has 0 amide bonds. The number of aromatic nitrogens is 2. The summed E-state index contributed by atoms with van der Waals surface area (Å²) in [5.74, 6) is -0.0558. The number of para-hydroxylation sites is 1. The van der Waals surface area contributed by atoms with Crippen LogP contribution in [0, 0.1) is 20.2 Å². The number of phenols is 1. The van der Waals surface area contributed by atoms with Crippen molar-refractivity contribution in [2.45, 2.75) is 12.8 Å². The van der Waals surface area contributed by atoms with E-state index in [1.165, 1.54) is 30.3 Å². The van der Waals surface area contributed by atoms with Crippen LogP contribution in [0.3, 0.4) is 0 Å². The number of nitrogens with one attached hydrogen (secondary N) is 3. The van der Waals surface area contributed by atoms with Gasteiger partial charge in [0.2, 0.25) is 0 Å². The van der Waals surface area contributed by atoms with Gasteiger partial charge in [-0.1, -0.05) is 24.3 Å². The fourth-order valence-electron chi connectivity index (χ4n) is 6.89. The van der Waals surface area contributed by atoms with Crippen LogP contribution < -0.4 is 16.1 Å². The molecule has 0 bridgehead atoms. The number of non-ortho nitro benzene ring substituents is 2. The molecule has 1 saturated heterocycles. The van der Waals surface area contributed by atoms with Gasteiger partial charge in [0.05, 0.1) is 37.5 Å². The third-order valence-corrected chi connectivity index (χ3v) is 9.38. The molecule has 0 saturated carbocycles. The summed E-state index contributed by atoms with van der Waals surface area (Å²) >= 11 is 0. The molecule has 0 unspecified atom stereocenters. The molecule has 0 radical (unpaired) electrons. The number of fused-ring (bicyclic) bond motifs is 4. The van der Waals surface area contributed by atoms with Gasteiger partial charge >= 0.3 is 0 Å². The van der Waals surface area contributed by atoms with Crippen LogP contribution in [0.5, 0.6) is 5.75 Å². The molecule has 6 aromatic rings. The first-order chi connectivity index (χ1) is 24.3. The molecule has 4 N–H and O–H groups in total. The fourth-order valence-corrected chi connectivity index (χ4v) is 6.89. The van der Waals surface area contributed by atoms with Gasteiger partial charge in [-0.05, 0) is 62.3 Å². The average molecular weight is 677 g/mol. The molecule has 4 aromatic carbocycles. The highest BCUT2D eigenvalue weighted by atomic mass is 16.6. The van der Waals surface area contributed by atoms with E-state index < -0.39 is 4.92 Å². The number of anilines is 2. The molecule has 1 aliphatic heterocycles. The molecule has 0 atom stereocenters. The third kappa shape index (κ3) is 6.45. The number of hydrogen-bond acceptors (Lipinski definition) is 11. The summed E-state index contributed by atoms with van der Waals surface area (Å²) in [7, 11) is 0. The quantitative estimate of drug-likeness (QED) is 0.0530. The van der Waals surface area contributed by atoms with E-state index in [0.717, 1.165) is 68.7 Å². The molecule has 1 fully saturated rings. The van der Waals surface area contributed by atoms with E-state index in [9.17, 15) is 30.1 Å². The fraction of sp³-hybridized carbons (Fsp3) is 0.278. The van der Waals surface area contributed by atoms with Gasteiger partial charge in [0.25, 0.3) is 11.4 Å². The zero-order chi connectivity index (χ0) is 34.8. The van der Waals surface area contributed by atoms with Crippen molar-refractivity contribution in [2.75, 3.05) is 63.0 Å². The average Bonchev–Trinajstić information content (AvgIpc) is 3.11. The minimum absolute atomic E-state index is 0.0408. The summed E-state index contributed by atoms with van der Waals surface area (Å²) in [5.41, 5.74) is 2.68. The number of rotatable bonds is 12. The second kappa shape index (κ2) is 13.9. The molecule has 2 aromatic heterocycles. The normalized spacial score (nSPS) is 14.1. The van der Waals surface area contributed by atoms with Crippen LogP contribution >= 0.6 is 0 Å². The van der Waals surface area contributed by atoms with Crippen LogP contribution in [0.2, 0.25) is 0 Å². The monoisotopic (exact) mass is 676 g/mol. The van der Waals surface area contributed by atoms with Crippen molar-refractivity contribution in [1.29, 1.82) is 0 Å². The maximum Gasteiger partial charge on any atom is 0.293 e. The van der Waals surface area contributed by atoms with Crippen LogP contribution in [0.1, 0.15) is 12.8 Å². The van der Waals surface area contributed by atoms with E-state index in [1.54, 1.807) is 12.1 Å². The maximum atomic E-state index is 13.4. The maximum absolute atomic E-state index is 13.4. The Hall–Kier alpha value is -5.86. The second-order valence-electron chi connectivity index (χ2n) is 12.5. The van der Waals surface area contributed by atoms with E-state index in [0.29, 0.717) is 35.2 Å². The molecule has 0 spiro atoms. The molecule has 3 heterocycles. The van der Waals surface area contributed by atoms with E-state index in [-0.39, 0.29) is 43.8 Å². The Morgan fingerprint density at radius 3 is 2.16 bits per heavy atom. The van der Waals surface area contributed by atoms with Crippen molar-refractivity contribution in [3.8, 4) is 5.75 Å². The zero-order valence-corrected chi connectivity index (χ0v) is 27.2. The van der Waals surface area contributed by atoms with Crippen LogP contribution in [0.25, 0.3) is 43.6 Å². The summed E-state index contributed by atoms with van der Waals surface area (Å²) in [6.45, 7) is 6.72. The van der Waals surface area contributed by atoms with Crippen LogP contribution in [-0.2, 0) is 0 Å². The lowest BCUT2D eigenvalue weighted by atomic mass is 10.1. The number of aromatic amines is 1. The highest BCUT2D eigenvalue weighted by Gasteiger charge is 2.22. The first kappa shape index (κ1) is 32.7. The van der Waals surface area contributed by atoms with Crippen LogP contribution in [-0.4, -0.2) is 87.1 Å². The van der Waals surface area contributed by atoms with Crippen LogP contribution in [0.15, 0.2) is 77.6 Å². The number of H-pyrrole nitrogens is 1. The molecule has 14 heteroatoms. The van der Waals surface area contributed by atoms with E-state index in [1.807, 2.05) is 30.3 Å². The number of nitro groups is 2. The largest absolute Gasteiger partial charge is 0.508 e. The zero-order valence-electron chi connectivity index (χ0n) is 27.2. The van der Waals surface area contributed by atoms with Gasteiger partial charge in [-0.3, -0.25) is 25.0 Å². The summed E-state index contributed by atoms with van der Waals surface area (Å²) in [6.07, 6.45) is 1.69. The standard InChI is InChI=1S/C36H36N8O6/c45-23-10-11-27-25(22-23)36(46)33-28(12-13-31(44(49)50)35(33)40-27)37-14-4-16-41-18-20-42(21-19-41)17-5-15-38-34-24-6-1-2-7-26(24)39-29-8-3-9-30(32(29)34)43(47)48/h1-3,6-13,22,37,45H,4-5,14-21H2,(H,38,39)(H,40,46). The lowest BCUT2D eigenvalue weighted by molar-refractivity contribution is -0.383. The first-order valence-corrected chi connectivity index (χ1v) is 16.6. The van der Waals surface area contributed by atoms with Gasteiger partial charge in [0.1, 0.15) is 16.7 Å². The van der Waals surface area contributed by atoms with Crippen molar-refractivity contribution in [1.82, 2.24) is 19.8 Å². The highest BCUT2D eigenvalue weighted by molar-refractivity contribution is 6.11. The molecule has 256 valence electrons. The van der Waals surface area contributed by atoms with Gasteiger partial charge in [-0.15, -0.1) is 0 Å². The summed E-state index contributed by atoms with van der Waals surface area (Å²) in [4.78, 5) is 48.6. The number of benzene rings is 4. The lowest BCUT2D eigenvalue weighted by Crippen LogP contribution is -2.47. The number of phenolic OH excluding ortho intramolecular Hbond substituents is 1. The van der Waals surface area contributed by atoms with Gasteiger partial charge in [0.15, 0.2) is 5.43 Å². The lowest BCUT2D eigenvalue weighted by Gasteiger charge is -2.34. The number of nitrogens with zero attached hydrogens (tertiary/aromatic N) is 5. The molecule has 0 aliphatic carbocycles. The Morgan fingerprint density at radius 2 is 1.44 bits per heavy atom. The predicted molar refractivity (Wildman–Crippen MR) is 195 cm³/mol. The summed E-state index contributed by atoms with van der Waals surface area (Å²) in [5, 5.41) is 42.2. The Balaban J connectivity index is 0.918. The van der Waals surface area contributed by atoms with E-state index in [4.69, 9.17) is 0 Å². The number of nitro benzene ring substituents is 2. The van der Waals surface area contributed by atoms with Crippen molar-refractivity contribution in [3.05, 3.63) is 103 Å². The SMILES string of the molecule is O=c1c2cc(O)ccc2[nH]c2c([N+](=O)[O-])ccc(NCCCN3CCN(CCCNc4c5ccccc5nc5cccc([N+](=O)[O-])c45)CC3)c12. The predicted octanol–water partition coefficient (Wildman–Crippen LogP) is 5.83. The van der Waals surface area contributed by atoms with Crippen LogP contribution in [0.4, 0.5) is 22.7 Å². The molecule has 50 heavy (non-hydrogen) atoms. The Labute approximate surface area is 285 Å². The topological polar surface area (TPSA) is 183 Å². The van der Waals surface area contributed by atoms with Gasteiger partial charge < -0.3 is 30.5 Å². The smallest absolute Gasteiger partial charge is 0.293 e. The molecular weight excluding hydrogens is 640 g/mol. The summed E-state index contributed by atoms with van der Waals surface area (Å²) < 4.78 is 0. The van der Waals surface area contributed by atoms with Gasteiger partial charge in [-0.2, -0.15) is 0 Å². The minimum atomic E-state index is -0.511. The Morgan fingerprint density at radius 1 is 0.760 bits per heavy atom. The van der Waals surface area contributed by atoms with Crippen molar-refractivity contribution >= 4 is 66.4 Å². The Kier molecular flexibility index (Phi) is 9.11. The highest BCUT2D eigenvalue weighted by Crippen LogP contribution is 2.36. The molecule has 1 aliphatic rings. The van der Waals surface area contributed by atoms with Crippen molar-refractivity contribution < 1.29 is 15.0 Å². The number of piperazine rings is 1. The number of hydrogen-bond donors (Lipinski definition) is 4. The Bertz CT molecular complexity index is 2320. The summed E-state index contributed by atoms with van der Waals surface area (Å²) in [6, 6.07) is 20.0. The van der Waals surface area contributed by atoms with E-state index in [2.05, 4.69) is 30.4 Å². The van der Waals surface area contributed by atoms with Gasteiger partial charge in [-0.25, -0.2) is 4.98 Å². The minimum Gasteiger partial charge on any atom is -0.508 e. The third-order valence-electron chi connectivity index (χ3n) is 9.38. The van der Waals surface area contributed by atoms with Gasteiger partial charge in [0, 0.05) is 67.9 Å². The second-order valence-corrected chi connectivity index (χ2v) is 12.5.